The fourth-order valence-corrected chi connectivity index (χ4v) is 3.68. The molecule has 1 saturated heterocycles. The molecule has 0 spiro atoms. The fraction of sp³-hybridized carbons (Fsp3) is 0.870. The Bertz CT molecular complexity index is 464. The van der Waals surface area contributed by atoms with Crippen LogP contribution in [0.5, 0.6) is 0 Å². The molecule has 0 aromatic heterocycles. The van der Waals surface area contributed by atoms with E-state index in [9.17, 15) is 14.4 Å². The lowest BCUT2D eigenvalue weighted by Gasteiger charge is -2.25. The Morgan fingerprint density at radius 1 is 0.931 bits per heavy atom. The molecular formula is C23H40O6. The normalized spacial score (nSPS) is 18.4. The molecule has 0 aromatic rings. The highest BCUT2D eigenvalue weighted by atomic mass is 16.6. The minimum absolute atomic E-state index is 0.0517. The third-order valence-corrected chi connectivity index (χ3v) is 5.51. The summed E-state index contributed by atoms with van der Waals surface area (Å²) in [5, 5.41) is 0. The topological polar surface area (TPSA) is 78.9 Å². The predicted octanol–water partition coefficient (Wildman–Crippen LogP) is 5.26. The molecule has 0 N–H and O–H groups in total. The Balaban J connectivity index is 1.96. The third kappa shape index (κ3) is 12.6. The molecule has 168 valence electrons. The molecule has 6 heteroatoms. The van der Waals surface area contributed by atoms with Gasteiger partial charge >= 0.3 is 11.9 Å². The van der Waals surface area contributed by atoms with Crippen molar-refractivity contribution >= 4 is 18.4 Å². The molecule has 1 atom stereocenters. The molecule has 0 saturated carbocycles. The molecule has 1 aliphatic heterocycles. The lowest BCUT2D eigenvalue weighted by Crippen LogP contribution is -2.40. The summed E-state index contributed by atoms with van der Waals surface area (Å²) < 4.78 is 15.2. The van der Waals surface area contributed by atoms with Crippen molar-refractivity contribution in [2.24, 2.45) is 0 Å². The second-order valence-electron chi connectivity index (χ2n) is 8.22. The smallest absolute Gasteiger partial charge is 0.306 e. The first-order valence-corrected chi connectivity index (χ1v) is 11.5. The number of hydrogen-bond donors (Lipinski definition) is 0. The first kappa shape index (κ1) is 25.4. The lowest BCUT2D eigenvalue weighted by atomic mass is 10.0. The van der Waals surface area contributed by atoms with Gasteiger partial charge in [-0.1, -0.05) is 84.0 Å². The van der Waals surface area contributed by atoms with Crippen LogP contribution in [0, 0.1) is 0 Å². The molecule has 0 aromatic carbocycles. The van der Waals surface area contributed by atoms with Crippen LogP contribution in [0.1, 0.15) is 110 Å². The van der Waals surface area contributed by atoms with E-state index in [1.165, 1.54) is 64.2 Å². The number of carbonyl (C=O) groups excluding carboxylic acids is 3. The van der Waals surface area contributed by atoms with Crippen molar-refractivity contribution in [1.29, 1.82) is 0 Å². The van der Waals surface area contributed by atoms with Crippen LogP contribution in [-0.4, -0.2) is 37.2 Å². The highest BCUT2D eigenvalue weighted by molar-refractivity contribution is 5.73. The number of unbranched alkanes of at least 4 members (excludes halogenated alkanes) is 12. The average Bonchev–Trinajstić information content (AvgIpc) is 3.09. The SMILES string of the molecule is CCCCCCCCCCCCCCCC(=O)OCC1(COC=O)CCC(=O)O1. The van der Waals surface area contributed by atoms with E-state index in [4.69, 9.17) is 14.2 Å². The zero-order chi connectivity index (χ0) is 21.2. The first-order chi connectivity index (χ1) is 14.1. The summed E-state index contributed by atoms with van der Waals surface area (Å²) in [5.74, 6) is -0.645. The zero-order valence-electron chi connectivity index (χ0n) is 18.3. The Labute approximate surface area is 176 Å². The quantitative estimate of drug-likeness (QED) is 0.125. The van der Waals surface area contributed by atoms with Gasteiger partial charge in [-0.25, -0.2) is 0 Å². The van der Waals surface area contributed by atoms with Crippen molar-refractivity contribution in [2.45, 2.75) is 115 Å². The largest absolute Gasteiger partial charge is 0.463 e. The van der Waals surface area contributed by atoms with Gasteiger partial charge in [0, 0.05) is 19.3 Å². The van der Waals surface area contributed by atoms with Gasteiger partial charge in [0.05, 0.1) is 0 Å². The van der Waals surface area contributed by atoms with E-state index in [2.05, 4.69) is 6.92 Å². The molecule has 1 heterocycles. The summed E-state index contributed by atoms with van der Waals surface area (Å²) in [4.78, 5) is 33.7. The van der Waals surface area contributed by atoms with E-state index in [-0.39, 0.29) is 31.6 Å². The Kier molecular flexibility index (Phi) is 14.2. The molecule has 29 heavy (non-hydrogen) atoms. The van der Waals surface area contributed by atoms with Crippen molar-refractivity contribution in [3.8, 4) is 0 Å². The van der Waals surface area contributed by atoms with Crippen LogP contribution in [0.4, 0.5) is 0 Å². The number of cyclic esters (lactones) is 1. The van der Waals surface area contributed by atoms with Gasteiger partial charge in [-0.3, -0.25) is 14.4 Å². The number of esters is 2. The summed E-state index contributed by atoms with van der Waals surface area (Å²) >= 11 is 0. The van der Waals surface area contributed by atoms with Crippen LogP contribution in [0.2, 0.25) is 0 Å². The van der Waals surface area contributed by atoms with E-state index in [0.717, 1.165) is 19.3 Å². The molecule has 0 radical (unpaired) electrons. The summed E-state index contributed by atoms with van der Waals surface area (Å²) in [6.07, 6.45) is 17.4. The molecule has 1 rings (SSSR count). The number of carbonyl (C=O) groups is 3. The minimum atomic E-state index is -1.01. The van der Waals surface area contributed by atoms with Crippen molar-refractivity contribution in [3.63, 3.8) is 0 Å². The predicted molar refractivity (Wildman–Crippen MR) is 111 cm³/mol. The molecule has 1 aliphatic rings. The summed E-state index contributed by atoms with van der Waals surface area (Å²) in [6.45, 7) is 2.43. The van der Waals surface area contributed by atoms with Gasteiger partial charge in [-0.15, -0.1) is 0 Å². The zero-order valence-corrected chi connectivity index (χ0v) is 18.3. The van der Waals surface area contributed by atoms with E-state index in [1.54, 1.807) is 0 Å². The van der Waals surface area contributed by atoms with E-state index >= 15 is 0 Å². The first-order valence-electron chi connectivity index (χ1n) is 11.5. The Morgan fingerprint density at radius 3 is 1.97 bits per heavy atom. The highest BCUT2D eigenvalue weighted by Crippen LogP contribution is 2.27. The molecule has 6 nitrogen and oxygen atoms in total. The summed E-state index contributed by atoms with van der Waals surface area (Å²) in [5.41, 5.74) is -1.01. The monoisotopic (exact) mass is 412 g/mol. The Morgan fingerprint density at radius 2 is 1.48 bits per heavy atom. The maximum absolute atomic E-state index is 11.9. The van der Waals surface area contributed by atoms with Gasteiger partial charge in [0.2, 0.25) is 0 Å². The van der Waals surface area contributed by atoms with Crippen LogP contribution in [0.25, 0.3) is 0 Å². The van der Waals surface area contributed by atoms with Crippen molar-refractivity contribution in [1.82, 2.24) is 0 Å². The van der Waals surface area contributed by atoms with Gasteiger partial charge < -0.3 is 14.2 Å². The average molecular weight is 413 g/mol. The number of rotatable bonds is 19. The molecule has 0 aliphatic carbocycles. The van der Waals surface area contributed by atoms with Gasteiger partial charge in [0.25, 0.3) is 6.47 Å². The lowest BCUT2D eigenvalue weighted by molar-refractivity contribution is -0.170. The van der Waals surface area contributed by atoms with Crippen molar-refractivity contribution < 1.29 is 28.6 Å². The second kappa shape index (κ2) is 16.2. The molecular weight excluding hydrogens is 372 g/mol. The maximum atomic E-state index is 11.9. The molecule has 1 fully saturated rings. The van der Waals surface area contributed by atoms with Gasteiger partial charge in [-0.05, 0) is 6.42 Å². The van der Waals surface area contributed by atoms with Crippen LogP contribution in [0.15, 0.2) is 0 Å². The van der Waals surface area contributed by atoms with E-state index < -0.39 is 5.60 Å². The summed E-state index contributed by atoms with van der Waals surface area (Å²) in [6, 6.07) is 0. The van der Waals surface area contributed by atoms with E-state index in [1.807, 2.05) is 0 Å². The number of hydrogen-bond acceptors (Lipinski definition) is 6. The summed E-state index contributed by atoms with van der Waals surface area (Å²) in [7, 11) is 0. The standard InChI is InChI=1S/C23H40O6/c1-2-3-4-5-6-7-8-9-10-11-12-13-14-15-21(25)28-19-23(18-27-20-24)17-16-22(26)29-23/h20H,2-19H2,1H3. The van der Waals surface area contributed by atoms with Crippen LogP contribution < -0.4 is 0 Å². The van der Waals surface area contributed by atoms with Gasteiger partial charge in [-0.2, -0.15) is 0 Å². The molecule has 1 unspecified atom stereocenters. The van der Waals surface area contributed by atoms with Gasteiger partial charge in [0.15, 0.2) is 5.60 Å². The van der Waals surface area contributed by atoms with E-state index in [0.29, 0.717) is 19.3 Å². The van der Waals surface area contributed by atoms with Gasteiger partial charge in [0.1, 0.15) is 13.2 Å². The fourth-order valence-electron chi connectivity index (χ4n) is 3.68. The van der Waals surface area contributed by atoms with Crippen molar-refractivity contribution in [2.75, 3.05) is 13.2 Å². The van der Waals surface area contributed by atoms with Crippen LogP contribution in [0.3, 0.4) is 0 Å². The van der Waals surface area contributed by atoms with Crippen LogP contribution >= 0.6 is 0 Å². The van der Waals surface area contributed by atoms with Crippen LogP contribution in [-0.2, 0) is 28.6 Å². The maximum Gasteiger partial charge on any atom is 0.306 e. The van der Waals surface area contributed by atoms with Crippen molar-refractivity contribution in [3.05, 3.63) is 0 Å². The third-order valence-electron chi connectivity index (χ3n) is 5.51. The minimum Gasteiger partial charge on any atom is -0.463 e. The molecule has 0 amide bonds. The Hall–Kier alpha value is -1.59. The second-order valence-corrected chi connectivity index (χ2v) is 8.22. The molecule has 0 bridgehead atoms. The highest BCUT2D eigenvalue weighted by Gasteiger charge is 2.42. The number of ether oxygens (including phenoxy) is 3.